The molecule has 1 aromatic heterocycles. The van der Waals surface area contributed by atoms with E-state index >= 15 is 0 Å². The maximum atomic E-state index is 12.4. The lowest BCUT2D eigenvalue weighted by atomic mass is 9.95. The van der Waals surface area contributed by atoms with Gasteiger partial charge in [0.25, 0.3) is 10.0 Å². The molecule has 1 saturated heterocycles. The second-order valence-electron chi connectivity index (χ2n) is 4.88. The summed E-state index contributed by atoms with van der Waals surface area (Å²) >= 11 is 5.91. The third kappa shape index (κ3) is 3.14. The number of nitrogens with two attached hydrogens (primary N) is 1. The number of aliphatic hydroxyl groups is 1. The van der Waals surface area contributed by atoms with E-state index in [1.165, 1.54) is 10.4 Å². The highest BCUT2D eigenvalue weighted by Crippen LogP contribution is 2.29. The number of rotatable bonds is 3. The van der Waals surface area contributed by atoms with Crippen LogP contribution in [-0.4, -0.2) is 41.5 Å². The standard InChI is InChI=1S/C11H16N2O3S3/c1-11(14)4-6-13(7-5-11)19(15,16)9-3-2-8(18-9)10(12)17/h2-3,14H,4-7H2,1H3,(H2,12,17). The average molecular weight is 320 g/mol. The van der Waals surface area contributed by atoms with Gasteiger partial charge in [0.1, 0.15) is 9.20 Å². The van der Waals surface area contributed by atoms with E-state index in [1.807, 2.05) is 0 Å². The molecular formula is C11H16N2O3S3. The smallest absolute Gasteiger partial charge is 0.252 e. The second-order valence-corrected chi connectivity index (χ2v) is 8.57. The van der Waals surface area contributed by atoms with Crippen molar-refractivity contribution in [1.82, 2.24) is 4.31 Å². The van der Waals surface area contributed by atoms with Crippen molar-refractivity contribution >= 4 is 38.6 Å². The summed E-state index contributed by atoms with van der Waals surface area (Å²) < 4.78 is 26.5. The lowest BCUT2D eigenvalue weighted by Crippen LogP contribution is -2.44. The van der Waals surface area contributed by atoms with Crippen LogP contribution in [0.2, 0.25) is 0 Å². The highest BCUT2D eigenvalue weighted by Gasteiger charge is 2.34. The van der Waals surface area contributed by atoms with Gasteiger partial charge in [-0.05, 0) is 31.9 Å². The van der Waals surface area contributed by atoms with Crippen LogP contribution in [0.15, 0.2) is 16.3 Å². The van der Waals surface area contributed by atoms with Crippen molar-refractivity contribution in [3.63, 3.8) is 0 Å². The van der Waals surface area contributed by atoms with Crippen molar-refractivity contribution in [2.24, 2.45) is 5.73 Å². The van der Waals surface area contributed by atoms with Gasteiger partial charge in [0.2, 0.25) is 0 Å². The van der Waals surface area contributed by atoms with Crippen molar-refractivity contribution in [3.05, 3.63) is 17.0 Å². The predicted molar refractivity (Wildman–Crippen MR) is 78.8 cm³/mol. The lowest BCUT2D eigenvalue weighted by molar-refractivity contribution is 0.0126. The molecule has 1 aliphatic heterocycles. The van der Waals surface area contributed by atoms with Gasteiger partial charge in [-0.1, -0.05) is 12.2 Å². The highest BCUT2D eigenvalue weighted by molar-refractivity contribution is 7.91. The first-order chi connectivity index (χ1) is 8.72. The Bertz CT molecular complexity index is 582. The zero-order valence-corrected chi connectivity index (χ0v) is 12.9. The molecule has 0 unspecified atom stereocenters. The van der Waals surface area contributed by atoms with E-state index in [4.69, 9.17) is 18.0 Å². The van der Waals surface area contributed by atoms with E-state index in [0.717, 1.165) is 11.3 Å². The van der Waals surface area contributed by atoms with Gasteiger partial charge in [-0.25, -0.2) is 8.42 Å². The van der Waals surface area contributed by atoms with Crippen LogP contribution in [0.3, 0.4) is 0 Å². The van der Waals surface area contributed by atoms with Crippen LogP contribution in [-0.2, 0) is 10.0 Å². The molecule has 0 radical (unpaired) electrons. The van der Waals surface area contributed by atoms with Gasteiger partial charge in [-0.15, -0.1) is 11.3 Å². The third-order valence-corrected chi connectivity index (χ3v) is 7.05. The average Bonchev–Trinajstić information content (AvgIpc) is 2.78. The summed E-state index contributed by atoms with van der Waals surface area (Å²) in [6, 6.07) is 3.15. The van der Waals surface area contributed by atoms with E-state index in [9.17, 15) is 13.5 Å². The van der Waals surface area contributed by atoms with Gasteiger partial charge in [0.15, 0.2) is 0 Å². The predicted octanol–water partition coefficient (Wildman–Crippen LogP) is 0.918. The Labute approximate surface area is 122 Å². The monoisotopic (exact) mass is 320 g/mol. The molecule has 0 bridgehead atoms. The molecular weight excluding hydrogens is 304 g/mol. The van der Waals surface area contributed by atoms with E-state index in [2.05, 4.69) is 0 Å². The number of hydrogen-bond acceptors (Lipinski definition) is 5. The largest absolute Gasteiger partial charge is 0.390 e. The molecule has 0 saturated carbocycles. The fraction of sp³-hybridized carbons (Fsp3) is 0.545. The first kappa shape index (κ1) is 14.9. The molecule has 3 N–H and O–H groups in total. The molecule has 2 rings (SSSR count). The minimum Gasteiger partial charge on any atom is -0.390 e. The molecule has 106 valence electrons. The van der Waals surface area contributed by atoms with Crippen molar-refractivity contribution in [3.8, 4) is 0 Å². The fourth-order valence-corrected chi connectivity index (χ4v) is 4.87. The zero-order chi connectivity index (χ0) is 14.3. The molecule has 5 nitrogen and oxygen atoms in total. The number of thiophene rings is 1. The van der Waals surface area contributed by atoms with Crippen molar-refractivity contribution < 1.29 is 13.5 Å². The minimum atomic E-state index is -3.50. The van der Waals surface area contributed by atoms with Gasteiger partial charge in [-0.2, -0.15) is 4.31 Å². The number of piperidine rings is 1. The molecule has 19 heavy (non-hydrogen) atoms. The summed E-state index contributed by atoms with van der Waals surface area (Å²) in [6.45, 7) is 2.39. The maximum Gasteiger partial charge on any atom is 0.252 e. The summed E-state index contributed by atoms with van der Waals surface area (Å²) in [4.78, 5) is 0.797. The van der Waals surface area contributed by atoms with Gasteiger partial charge in [-0.3, -0.25) is 0 Å². The van der Waals surface area contributed by atoms with Crippen molar-refractivity contribution in [2.45, 2.75) is 29.6 Å². The first-order valence-corrected chi connectivity index (χ1v) is 8.51. The third-order valence-electron chi connectivity index (χ3n) is 3.22. The van der Waals surface area contributed by atoms with Crippen LogP contribution in [0.1, 0.15) is 24.6 Å². The summed E-state index contributed by atoms with van der Waals surface area (Å²) in [6.07, 6.45) is 0.888. The molecule has 0 spiro atoms. The number of thiocarbonyl (C=S) groups is 1. The van der Waals surface area contributed by atoms with Gasteiger partial charge >= 0.3 is 0 Å². The van der Waals surface area contributed by atoms with Crippen molar-refractivity contribution in [1.29, 1.82) is 0 Å². The quantitative estimate of drug-likeness (QED) is 0.809. The Morgan fingerprint density at radius 3 is 2.53 bits per heavy atom. The van der Waals surface area contributed by atoms with Crippen LogP contribution >= 0.6 is 23.6 Å². The highest BCUT2D eigenvalue weighted by atomic mass is 32.2. The molecule has 2 heterocycles. The number of hydrogen-bond donors (Lipinski definition) is 2. The minimum absolute atomic E-state index is 0.202. The summed E-state index contributed by atoms with van der Waals surface area (Å²) in [5.41, 5.74) is 4.71. The molecule has 1 fully saturated rings. The Kier molecular flexibility index (Phi) is 3.99. The maximum absolute atomic E-state index is 12.4. The van der Waals surface area contributed by atoms with E-state index in [0.29, 0.717) is 30.8 Å². The molecule has 1 aliphatic rings. The normalized spacial score (nSPS) is 20.3. The summed E-state index contributed by atoms with van der Waals surface area (Å²) in [5.74, 6) is 0. The van der Waals surface area contributed by atoms with Crippen LogP contribution in [0.4, 0.5) is 0 Å². The molecule has 1 aromatic rings. The van der Waals surface area contributed by atoms with Crippen molar-refractivity contribution in [2.75, 3.05) is 13.1 Å². The van der Waals surface area contributed by atoms with E-state index in [1.54, 1.807) is 13.0 Å². The molecule has 8 heteroatoms. The van der Waals surface area contributed by atoms with E-state index in [-0.39, 0.29) is 9.20 Å². The first-order valence-electron chi connectivity index (χ1n) is 5.84. The van der Waals surface area contributed by atoms with Crippen LogP contribution in [0, 0.1) is 0 Å². The Morgan fingerprint density at radius 2 is 2.05 bits per heavy atom. The topological polar surface area (TPSA) is 83.6 Å². The van der Waals surface area contributed by atoms with E-state index < -0.39 is 15.6 Å². The van der Waals surface area contributed by atoms with Gasteiger partial charge in [0.05, 0.1) is 10.5 Å². The van der Waals surface area contributed by atoms with Gasteiger partial charge < -0.3 is 10.8 Å². The molecule has 0 aliphatic carbocycles. The molecule has 0 atom stereocenters. The number of sulfonamides is 1. The van der Waals surface area contributed by atoms with Crippen LogP contribution < -0.4 is 5.73 Å². The Balaban J connectivity index is 2.20. The summed E-state index contributed by atoms with van der Waals surface area (Å²) in [5, 5.41) is 9.85. The lowest BCUT2D eigenvalue weighted by Gasteiger charge is -2.34. The molecule has 0 amide bonds. The SMILES string of the molecule is CC1(O)CCN(S(=O)(=O)c2ccc(C(N)=S)s2)CC1. The van der Waals surface area contributed by atoms with Crippen LogP contribution in [0.5, 0.6) is 0 Å². The fourth-order valence-electron chi connectivity index (χ4n) is 1.93. The van der Waals surface area contributed by atoms with Crippen LogP contribution in [0.25, 0.3) is 0 Å². The Morgan fingerprint density at radius 1 is 1.47 bits per heavy atom. The number of nitrogens with zero attached hydrogens (tertiary/aromatic N) is 1. The molecule has 0 aromatic carbocycles. The Hall–Kier alpha value is -0.540. The summed E-state index contributed by atoms with van der Waals surface area (Å²) in [7, 11) is -3.50. The second kappa shape index (κ2) is 5.10. The van der Waals surface area contributed by atoms with Gasteiger partial charge in [0, 0.05) is 13.1 Å². The zero-order valence-electron chi connectivity index (χ0n) is 10.5.